The molecule has 29 heavy (non-hydrogen) atoms. The maximum atomic E-state index is 13.1. The van der Waals surface area contributed by atoms with Gasteiger partial charge < -0.3 is 10.1 Å². The molecule has 2 aromatic carbocycles. The Labute approximate surface area is 179 Å². The quantitative estimate of drug-likeness (QED) is 0.713. The number of anilines is 1. The van der Waals surface area contributed by atoms with Crippen molar-refractivity contribution in [1.29, 1.82) is 0 Å². The molecule has 1 N–H and O–H groups in total. The number of sulfonamides is 1. The van der Waals surface area contributed by atoms with E-state index in [0.717, 1.165) is 28.4 Å². The Morgan fingerprint density at radius 1 is 1.10 bits per heavy atom. The van der Waals surface area contributed by atoms with Crippen molar-refractivity contribution >= 4 is 37.5 Å². The van der Waals surface area contributed by atoms with E-state index in [1.807, 2.05) is 31.2 Å². The van der Waals surface area contributed by atoms with Crippen molar-refractivity contribution in [2.24, 2.45) is 0 Å². The third kappa shape index (κ3) is 3.99. The van der Waals surface area contributed by atoms with Gasteiger partial charge in [-0.2, -0.15) is 4.31 Å². The summed E-state index contributed by atoms with van der Waals surface area (Å²) in [5.74, 6) is -0.0937. The van der Waals surface area contributed by atoms with Gasteiger partial charge in [0.1, 0.15) is 0 Å². The van der Waals surface area contributed by atoms with E-state index >= 15 is 0 Å². The molecule has 0 aromatic heterocycles. The Hall–Kier alpha value is -1.74. The highest BCUT2D eigenvalue weighted by molar-refractivity contribution is 9.10. The summed E-state index contributed by atoms with van der Waals surface area (Å²) in [6, 6.07) is 12.7. The van der Waals surface area contributed by atoms with Crippen LogP contribution in [0.3, 0.4) is 0 Å². The van der Waals surface area contributed by atoms with Crippen LogP contribution in [-0.4, -0.2) is 44.9 Å². The van der Waals surface area contributed by atoms with E-state index in [4.69, 9.17) is 4.74 Å². The topological polar surface area (TPSA) is 75.7 Å². The molecule has 2 aliphatic rings. The molecular formula is C21H23BrN2O4S. The van der Waals surface area contributed by atoms with E-state index in [0.29, 0.717) is 32.0 Å². The number of carbonyl (C=O) groups excluding carboxylic acids is 1. The Morgan fingerprint density at radius 3 is 2.38 bits per heavy atom. The van der Waals surface area contributed by atoms with Crippen LogP contribution >= 0.6 is 15.9 Å². The summed E-state index contributed by atoms with van der Waals surface area (Å²) >= 11 is 3.42. The molecule has 6 nitrogen and oxygen atoms in total. The lowest BCUT2D eigenvalue weighted by molar-refractivity contribution is -0.118. The first-order chi connectivity index (χ1) is 13.8. The fourth-order valence-electron chi connectivity index (χ4n) is 3.61. The number of halogens is 1. The van der Waals surface area contributed by atoms with Gasteiger partial charge in [-0.1, -0.05) is 34.1 Å². The lowest BCUT2D eigenvalue weighted by atomic mass is 9.95. The standard InChI is InChI=1S/C21H23BrN2O4S/c1-15-2-7-18(29(26,27)24-10-12-28-13-11-24)14-19(15)23-20(25)21(8-9-21)16-3-5-17(22)6-4-16/h2-7,14H,8-13H2,1H3,(H,23,25). The summed E-state index contributed by atoms with van der Waals surface area (Å²) in [4.78, 5) is 13.3. The van der Waals surface area contributed by atoms with Crippen LogP contribution in [0.15, 0.2) is 51.8 Å². The molecule has 0 atom stereocenters. The summed E-state index contributed by atoms with van der Waals surface area (Å²) < 4.78 is 33.6. The predicted molar refractivity (Wildman–Crippen MR) is 114 cm³/mol. The van der Waals surface area contributed by atoms with Crippen LogP contribution in [-0.2, 0) is 25.0 Å². The van der Waals surface area contributed by atoms with Crippen LogP contribution < -0.4 is 5.32 Å². The van der Waals surface area contributed by atoms with Crippen molar-refractivity contribution in [3.05, 3.63) is 58.1 Å². The van der Waals surface area contributed by atoms with Gasteiger partial charge in [0.2, 0.25) is 15.9 Å². The number of aryl methyl sites for hydroxylation is 1. The number of ether oxygens (including phenoxy) is 1. The number of benzene rings is 2. The zero-order chi connectivity index (χ0) is 20.6. The maximum absolute atomic E-state index is 13.1. The highest BCUT2D eigenvalue weighted by atomic mass is 79.9. The monoisotopic (exact) mass is 478 g/mol. The summed E-state index contributed by atoms with van der Waals surface area (Å²) in [6.07, 6.45) is 1.57. The molecule has 1 aliphatic carbocycles. The van der Waals surface area contributed by atoms with Gasteiger partial charge in [0.15, 0.2) is 0 Å². The van der Waals surface area contributed by atoms with E-state index in [1.165, 1.54) is 4.31 Å². The average molecular weight is 479 g/mol. The molecule has 0 spiro atoms. The third-order valence-electron chi connectivity index (χ3n) is 5.65. The van der Waals surface area contributed by atoms with Crippen LogP contribution in [0.5, 0.6) is 0 Å². The van der Waals surface area contributed by atoms with Crippen molar-refractivity contribution in [1.82, 2.24) is 4.31 Å². The number of rotatable bonds is 5. The largest absolute Gasteiger partial charge is 0.379 e. The smallest absolute Gasteiger partial charge is 0.243 e. The second-order valence-electron chi connectivity index (χ2n) is 7.54. The van der Waals surface area contributed by atoms with Gasteiger partial charge in [0.25, 0.3) is 0 Å². The van der Waals surface area contributed by atoms with Crippen molar-refractivity contribution < 1.29 is 17.9 Å². The Morgan fingerprint density at radius 2 is 1.76 bits per heavy atom. The molecule has 4 rings (SSSR count). The summed E-state index contributed by atoms with van der Waals surface area (Å²) in [5.41, 5.74) is 1.80. The van der Waals surface area contributed by atoms with Crippen LogP contribution in [0.4, 0.5) is 5.69 Å². The third-order valence-corrected chi connectivity index (χ3v) is 8.07. The second-order valence-corrected chi connectivity index (χ2v) is 10.4. The zero-order valence-corrected chi connectivity index (χ0v) is 18.6. The van der Waals surface area contributed by atoms with Gasteiger partial charge >= 0.3 is 0 Å². The molecule has 0 bridgehead atoms. The minimum Gasteiger partial charge on any atom is -0.379 e. The molecule has 1 saturated heterocycles. The highest BCUT2D eigenvalue weighted by Crippen LogP contribution is 2.49. The Bertz CT molecular complexity index is 1030. The van der Waals surface area contributed by atoms with Crippen molar-refractivity contribution in [2.45, 2.75) is 30.1 Å². The molecule has 1 amide bonds. The molecule has 154 valence electrons. The van der Waals surface area contributed by atoms with Crippen LogP contribution in [0.2, 0.25) is 0 Å². The van der Waals surface area contributed by atoms with Gasteiger partial charge in [-0.05, 0) is 55.2 Å². The molecule has 1 saturated carbocycles. The zero-order valence-electron chi connectivity index (χ0n) is 16.2. The normalized spacial score (nSPS) is 19.0. The van der Waals surface area contributed by atoms with Gasteiger partial charge in [-0.15, -0.1) is 0 Å². The van der Waals surface area contributed by atoms with E-state index in [9.17, 15) is 13.2 Å². The molecule has 2 fully saturated rings. The lowest BCUT2D eigenvalue weighted by Crippen LogP contribution is -2.40. The highest BCUT2D eigenvalue weighted by Gasteiger charge is 2.51. The second kappa shape index (κ2) is 7.83. The van der Waals surface area contributed by atoms with Gasteiger partial charge in [0.05, 0.1) is 23.5 Å². The first-order valence-corrected chi connectivity index (χ1v) is 11.8. The van der Waals surface area contributed by atoms with E-state index in [2.05, 4.69) is 21.2 Å². The first-order valence-electron chi connectivity index (χ1n) is 9.59. The van der Waals surface area contributed by atoms with Crippen LogP contribution in [0, 0.1) is 6.92 Å². The van der Waals surface area contributed by atoms with Gasteiger partial charge in [0, 0.05) is 23.2 Å². The summed E-state index contributed by atoms with van der Waals surface area (Å²) in [5, 5.41) is 2.98. The maximum Gasteiger partial charge on any atom is 0.243 e. The Balaban J connectivity index is 1.58. The van der Waals surface area contributed by atoms with Gasteiger partial charge in [-0.25, -0.2) is 8.42 Å². The van der Waals surface area contributed by atoms with Crippen molar-refractivity contribution in [2.75, 3.05) is 31.6 Å². The molecular weight excluding hydrogens is 456 g/mol. The van der Waals surface area contributed by atoms with Crippen molar-refractivity contribution in [3.8, 4) is 0 Å². The molecule has 1 aliphatic heterocycles. The van der Waals surface area contributed by atoms with E-state index in [1.54, 1.807) is 18.2 Å². The molecule has 2 aromatic rings. The van der Waals surface area contributed by atoms with E-state index < -0.39 is 15.4 Å². The minimum absolute atomic E-state index is 0.0937. The molecule has 0 radical (unpaired) electrons. The summed E-state index contributed by atoms with van der Waals surface area (Å²) in [6.45, 7) is 3.32. The average Bonchev–Trinajstić information content (AvgIpc) is 3.53. The number of hydrogen-bond acceptors (Lipinski definition) is 4. The molecule has 8 heteroatoms. The summed E-state index contributed by atoms with van der Waals surface area (Å²) in [7, 11) is -3.62. The lowest BCUT2D eigenvalue weighted by Gasteiger charge is -2.26. The molecule has 0 unspecified atom stereocenters. The van der Waals surface area contributed by atoms with Crippen molar-refractivity contribution in [3.63, 3.8) is 0 Å². The number of morpholine rings is 1. The number of carbonyl (C=O) groups is 1. The fourth-order valence-corrected chi connectivity index (χ4v) is 5.31. The Kier molecular flexibility index (Phi) is 5.54. The van der Waals surface area contributed by atoms with Crippen LogP contribution in [0.25, 0.3) is 0 Å². The number of hydrogen-bond donors (Lipinski definition) is 1. The van der Waals surface area contributed by atoms with Gasteiger partial charge in [-0.3, -0.25) is 4.79 Å². The number of nitrogens with zero attached hydrogens (tertiary/aromatic N) is 1. The molecule has 1 heterocycles. The van der Waals surface area contributed by atoms with Crippen LogP contribution in [0.1, 0.15) is 24.0 Å². The predicted octanol–water partition coefficient (Wildman–Crippen LogP) is 3.45. The fraction of sp³-hybridized carbons (Fsp3) is 0.381. The number of amides is 1. The number of nitrogens with one attached hydrogen (secondary N) is 1. The SMILES string of the molecule is Cc1ccc(S(=O)(=O)N2CCOCC2)cc1NC(=O)C1(c2ccc(Br)cc2)CC1. The first kappa shape index (κ1) is 20.5. The van der Waals surface area contributed by atoms with E-state index in [-0.39, 0.29) is 10.8 Å². The minimum atomic E-state index is -3.62.